The van der Waals surface area contributed by atoms with E-state index in [1.165, 1.54) is 24.5 Å². The quantitative estimate of drug-likeness (QED) is 0.485. The van der Waals surface area contributed by atoms with Crippen molar-refractivity contribution in [1.29, 1.82) is 0 Å². The molecule has 116 valence electrons. The molecule has 0 amide bonds. The maximum Gasteiger partial charge on any atom is 0.326 e. The molecule has 0 fully saturated rings. The number of esters is 1. The molecule has 2 aromatic rings. The lowest BCUT2D eigenvalue weighted by Gasteiger charge is -2.19. The molecule has 8 nitrogen and oxygen atoms in total. The third-order valence-electron chi connectivity index (χ3n) is 2.74. The summed E-state index contributed by atoms with van der Waals surface area (Å²) >= 11 is 0. The van der Waals surface area contributed by atoms with E-state index in [-0.39, 0.29) is 23.1 Å². The number of carbonyl (C=O) groups excluding carboxylic acids is 1. The fourth-order valence-corrected chi connectivity index (χ4v) is 1.89. The second kappa shape index (κ2) is 5.55. The van der Waals surface area contributed by atoms with Crippen molar-refractivity contribution in [2.24, 2.45) is 0 Å². The van der Waals surface area contributed by atoms with Crippen LogP contribution in [0.1, 0.15) is 20.8 Å². The number of fused-ring (bicyclic) bond motifs is 1. The number of rotatable bonds is 3. The van der Waals surface area contributed by atoms with E-state index in [0.29, 0.717) is 0 Å². The number of aromatic nitrogens is 2. The van der Waals surface area contributed by atoms with Gasteiger partial charge in [-0.1, -0.05) is 0 Å². The molecule has 0 unspecified atom stereocenters. The summed E-state index contributed by atoms with van der Waals surface area (Å²) in [4.78, 5) is 38.1. The highest BCUT2D eigenvalue weighted by Crippen LogP contribution is 2.16. The molecular formula is C14H15N3O5. The van der Waals surface area contributed by atoms with Crippen LogP contribution in [0.25, 0.3) is 10.9 Å². The summed E-state index contributed by atoms with van der Waals surface area (Å²) in [7, 11) is 0. The molecule has 0 atom stereocenters. The van der Waals surface area contributed by atoms with Gasteiger partial charge < -0.3 is 4.74 Å². The number of benzene rings is 1. The van der Waals surface area contributed by atoms with Gasteiger partial charge in [0.1, 0.15) is 12.1 Å². The van der Waals surface area contributed by atoms with Crippen LogP contribution in [0.5, 0.6) is 0 Å². The van der Waals surface area contributed by atoms with Crippen LogP contribution < -0.4 is 5.56 Å². The minimum atomic E-state index is -0.647. The summed E-state index contributed by atoms with van der Waals surface area (Å²) in [5, 5.41) is 10.9. The number of carbonyl (C=O) groups is 1. The number of hydrogen-bond donors (Lipinski definition) is 0. The molecule has 0 N–H and O–H groups in total. The molecule has 8 heteroatoms. The van der Waals surface area contributed by atoms with Crippen molar-refractivity contribution in [3.63, 3.8) is 0 Å². The fourth-order valence-electron chi connectivity index (χ4n) is 1.89. The van der Waals surface area contributed by atoms with Crippen LogP contribution in [0, 0.1) is 10.1 Å². The first-order valence-electron chi connectivity index (χ1n) is 6.53. The molecule has 0 bridgehead atoms. The van der Waals surface area contributed by atoms with Gasteiger partial charge in [0.15, 0.2) is 0 Å². The Bertz CT molecular complexity index is 804. The zero-order valence-electron chi connectivity index (χ0n) is 12.4. The normalized spacial score (nSPS) is 11.4. The Morgan fingerprint density at radius 3 is 2.68 bits per heavy atom. The summed E-state index contributed by atoms with van der Waals surface area (Å²) in [5.41, 5.74) is -1.04. The van der Waals surface area contributed by atoms with E-state index in [1.807, 2.05) is 0 Å². The van der Waals surface area contributed by atoms with E-state index in [1.54, 1.807) is 20.8 Å². The van der Waals surface area contributed by atoms with E-state index in [2.05, 4.69) is 4.98 Å². The first kappa shape index (κ1) is 15.6. The van der Waals surface area contributed by atoms with E-state index in [4.69, 9.17) is 4.74 Å². The Kier molecular flexibility index (Phi) is 3.94. The standard InChI is InChI=1S/C14H15N3O5/c1-14(2,3)22-12(18)7-16-8-15-11-6-9(17(20)21)4-5-10(11)13(16)19/h4-6,8H,7H2,1-3H3. The molecule has 22 heavy (non-hydrogen) atoms. The molecule has 1 heterocycles. The highest BCUT2D eigenvalue weighted by Gasteiger charge is 2.18. The summed E-state index contributed by atoms with van der Waals surface area (Å²) in [6, 6.07) is 3.77. The zero-order chi connectivity index (χ0) is 16.5. The van der Waals surface area contributed by atoms with Crippen LogP contribution in [0.4, 0.5) is 5.69 Å². The van der Waals surface area contributed by atoms with Gasteiger partial charge in [0.05, 0.1) is 22.2 Å². The number of non-ortho nitro benzene ring substituents is 1. The van der Waals surface area contributed by atoms with E-state index >= 15 is 0 Å². The van der Waals surface area contributed by atoms with Crippen molar-refractivity contribution in [1.82, 2.24) is 9.55 Å². The van der Waals surface area contributed by atoms with Gasteiger partial charge in [-0.2, -0.15) is 0 Å². The highest BCUT2D eigenvalue weighted by molar-refractivity contribution is 5.80. The molecule has 0 spiro atoms. The maximum atomic E-state index is 12.3. The van der Waals surface area contributed by atoms with Crippen molar-refractivity contribution in [2.45, 2.75) is 32.9 Å². The molecule has 1 aromatic carbocycles. The van der Waals surface area contributed by atoms with Gasteiger partial charge in [-0.25, -0.2) is 4.98 Å². The highest BCUT2D eigenvalue weighted by atomic mass is 16.6. The minimum absolute atomic E-state index is 0.149. The van der Waals surface area contributed by atoms with Crippen LogP contribution in [0.2, 0.25) is 0 Å². The molecule has 0 aliphatic rings. The third kappa shape index (κ3) is 3.46. The first-order valence-corrected chi connectivity index (χ1v) is 6.53. The van der Waals surface area contributed by atoms with Gasteiger partial charge in [-0.3, -0.25) is 24.3 Å². The molecule has 2 rings (SSSR count). The summed E-state index contributed by atoms with van der Waals surface area (Å²) < 4.78 is 6.26. The molecular weight excluding hydrogens is 290 g/mol. The second-order valence-corrected chi connectivity index (χ2v) is 5.72. The molecule has 0 aliphatic heterocycles. The molecule has 0 radical (unpaired) electrons. The summed E-state index contributed by atoms with van der Waals surface area (Å²) in [5.74, 6) is -0.558. The average molecular weight is 305 g/mol. The summed E-state index contributed by atoms with van der Waals surface area (Å²) in [6.07, 6.45) is 1.18. The SMILES string of the molecule is CC(C)(C)OC(=O)Cn1cnc2cc([N+](=O)[O-])ccc2c1=O. The molecule has 0 saturated heterocycles. The Hall–Kier alpha value is -2.77. The molecule has 0 aliphatic carbocycles. The van der Waals surface area contributed by atoms with Crippen LogP contribution >= 0.6 is 0 Å². The predicted octanol–water partition coefficient (Wildman–Crippen LogP) is 1.65. The molecule has 0 saturated carbocycles. The van der Waals surface area contributed by atoms with Crippen LogP contribution in [0.15, 0.2) is 29.3 Å². The Balaban J connectivity index is 2.36. The Morgan fingerprint density at radius 2 is 2.09 bits per heavy atom. The Morgan fingerprint density at radius 1 is 1.41 bits per heavy atom. The number of hydrogen-bond acceptors (Lipinski definition) is 6. The zero-order valence-corrected chi connectivity index (χ0v) is 12.4. The fraction of sp³-hybridized carbons (Fsp3) is 0.357. The lowest BCUT2D eigenvalue weighted by atomic mass is 10.2. The largest absolute Gasteiger partial charge is 0.459 e. The maximum absolute atomic E-state index is 12.3. The van der Waals surface area contributed by atoms with Crippen molar-refractivity contribution < 1.29 is 14.5 Å². The second-order valence-electron chi connectivity index (χ2n) is 5.72. The van der Waals surface area contributed by atoms with Crippen LogP contribution in [-0.4, -0.2) is 26.0 Å². The number of ether oxygens (including phenoxy) is 1. The topological polar surface area (TPSA) is 104 Å². The number of nitro groups is 1. The minimum Gasteiger partial charge on any atom is -0.459 e. The van der Waals surface area contributed by atoms with Gasteiger partial charge in [0.2, 0.25) is 0 Å². The lowest BCUT2D eigenvalue weighted by Crippen LogP contribution is -2.30. The van der Waals surface area contributed by atoms with Crippen molar-refractivity contribution in [3.05, 3.63) is 45.0 Å². The van der Waals surface area contributed by atoms with Crippen molar-refractivity contribution >= 4 is 22.6 Å². The average Bonchev–Trinajstić information content (AvgIpc) is 2.39. The number of nitro benzene ring substituents is 1. The molecule has 1 aromatic heterocycles. The van der Waals surface area contributed by atoms with E-state index in [9.17, 15) is 19.7 Å². The van der Waals surface area contributed by atoms with Gasteiger partial charge in [0, 0.05) is 12.1 Å². The van der Waals surface area contributed by atoms with Crippen molar-refractivity contribution in [2.75, 3.05) is 0 Å². The third-order valence-corrected chi connectivity index (χ3v) is 2.74. The van der Waals surface area contributed by atoms with Gasteiger partial charge >= 0.3 is 5.97 Å². The monoisotopic (exact) mass is 305 g/mol. The predicted molar refractivity (Wildman–Crippen MR) is 78.5 cm³/mol. The smallest absolute Gasteiger partial charge is 0.326 e. The van der Waals surface area contributed by atoms with Crippen molar-refractivity contribution in [3.8, 4) is 0 Å². The number of nitrogens with zero attached hydrogens (tertiary/aromatic N) is 3. The first-order chi connectivity index (χ1) is 10.2. The van der Waals surface area contributed by atoms with E-state index in [0.717, 1.165) is 4.57 Å². The van der Waals surface area contributed by atoms with Gasteiger partial charge in [-0.05, 0) is 26.8 Å². The van der Waals surface area contributed by atoms with Gasteiger partial charge in [-0.15, -0.1) is 0 Å². The summed E-state index contributed by atoms with van der Waals surface area (Å²) in [6.45, 7) is 4.92. The van der Waals surface area contributed by atoms with E-state index < -0.39 is 22.1 Å². The van der Waals surface area contributed by atoms with Gasteiger partial charge in [0.25, 0.3) is 11.2 Å². The Labute approximate surface area is 125 Å². The van der Waals surface area contributed by atoms with Crippen LogP contribution in [-0.2, 0) is 16.1 Å². The van der Waals surface area contributed by atoms with Crippen LogP contribution in [0.3, 0.4) is 0 Å². The lowest BCUT2D eigenvalue weighted by molar-refractivity contribution is -0.384.